The molecule has 0 N–H and O–H groups in total. The van der Waals surface area contributed by atoms with Gasteiger partial charge in [0.15, 0.2) is 0 Å². The number of alkyl halides is 1. The SMILES string of the molecule is CCCOc1cc(Cl)nc(CBr)c1. The molecule has 1 aromatic heterocycles. The molecular formula is C9H11BrClNO. The average molecular weight is 265 g/mol. The van der Waals surface area contributed by atoms with Crippen molar-refractivity contribution in [1.29, 1.82) is 0 Å². The molecule has 0 saturated heterocycles. The maximum absolute atomic E-state index is 5.80. The van der Waals surface area contributed by atoms with E-state index in [4.69, 9.17) is 16.3 Å². The van der Waals surface area contributed by atoms with Crippen molar-refractivity contribution in [3.05, 3.63) is 23.0 Å². The van der Waals surface area contributed by atoms with E-state index in [9.17, 15) is 0 Å². The second-order valence-corrected chi connectivity index (χ2v) is 3.55. The van der Waals surface area contributed by atoms with Crippen LogP contribution < -0.4 is 4.74 Å². The molecule has 0 aliphatic carbocycles. The highest BCUT2D eigenvalue weighted by molar-refractivity contribution is 9.08. The molecule has 72 valence electrons. The Balaban J connectivity index is 2.76. The third-order valence-corrected chi connectivity index (χ3v) is 2.20. The Bertz CT molecular complexity index is 280. The Morgan fingerprint density at radius 3 is 2.92 bits per heavy atom. The fourth-order valence-corrected chi connectivity index (χ4v) is 1.40. The standard InChI is InChI=1S/C9H11BrClNO/c1-2-3-13-8-4-7(6-10)12-9(11)5-8/h4-5H,2-3,6H2,1H3. The molecular weight excluding hydrogens is 253 g/mol. The Morgan fingerprint density at radius 1 is 1.54 bits per heavy atom. The van der Waals surface area contributed by atoms with Crippen LogP contribution in [0.3, 0.4) is 0 Å². The zero-order valence-corrected chi connectivity index (χ0v) is 9.73. The van der Waals surface area contributed by atoms with Gasteiger partial charge < -0.3 is 4.74 Å². The second kappa shape index (κ2) is 5.45. The van der Waals surface area contributed by atoms with Crippen LogP contribution in [0, 0.1) is 0 Å². The molecule has 0 radical (unpaired) electrons. The number of aromatic nitrogens is 1. The van der Waals surface area contributed by atoms with E-state index in [1.807, 2.05) is 6.07 Å². The van der Waals surface area contributed by atoms with Gasteiger partial charge in [-0.2, -0.15) is 0 Å². The van der Waals surface area contributed by atoms with Gasteiger partial charge in [0, 0.05) is 17.5 Å². The van der Waals surface area contributed by atoms with E-state index in [2.05, 4.69) is 27.8 Å². The van der Waals surface area contributed by atoms with Gasteiger partial charge in [-0.25, -0.2) is 4.98 Å². The fraction of sp³-hybridized carbons (Fsp3) is 0.444. The molecule has 4 heteroatoms. The van der Waals surface area contributed by atoms with Gasteiger partial charge in [-0.1, -0.05) is 34.5 Å². The van der Waals surface area contributed by atoms with Gasteiger partial charge in [0.25, 0.3) is 0 Å². The smallest absolute Gasteiger partial charge is 0.133 e. The molecule has 0 fully saturated rings. The summed E-state index contributed by atoms with van der Waals surface area (Å²) in [5.41, 5.74) is 0.888. The van der Waals surface area contributed by atoms with Crippen LogP contribution in [-0.4, -0.2) is 11.6 Å². The van der Waals surface area contributed by atoms with Crippen molar-refractivity contribution in [2.45, 2.75) is 18.7 Å². The molecule has 0 atom stereocenters. The summed E-state index contributed by atoms with van der Waals surface area (Å²) >= 11 is 9.11. The molecule has 0 bridgehead atoms. The van der Waals surface area contributed by atoms with Crippen LogP contribution in [0.2, 0.25) is 5.15 Å². The molecule has 0 spiro atoms. The molecule has 0 saturated carbocycles. The lowest BCUT2D eigenvalue weighted by atomic mass is 10.3. The van der Waals surface area contributed by atoms with Gasteiger partial charge in [-0.3, -0.25) is 0 Å². The Morgan fingerprint density at radius 2 is 2.31 bits per heavy atom. The van der Waals surface area contributed by atoms with Crippen LogP contribution in [0.5, 0.6) is 5.75 Å². The predicted molar refractivity (Wildman–Crippen MR) is 57.7 cm³/mol. The van der Waals surface area contributed by atoms with Crippen LogP contribution in [0.15, 0.2) is 12.1 Å². The fourth-order valence-electron chi connectivity index (χ4n) is 0.897. The maximum Gasteiger partial charge on any atom is 0.133 e. The molecule has 2 nitrogen and oxygen atoms in total. The normalized spacial score (nSPS) is 10.1. The van der Waals surface area contributed by atoms with Crippen molar-refractivity contribution in [2.75, 3.05) is 6.61 Å². The van der Waals surface area contributed by atoms with Crippen molar-refractivity contribution >= 4 is 27.5 Å². The van der Waals surface area contributed by atoms with Crippen molar-refractivity contribution in [3.8, 4) is 5.75 Å². The van der Waals surface area contributed by atoms with E-state index < -0.39 is 0 Å². The first-order chi connectivity index (χ1) is 6.26. The van der Waals surface area contributed by atoms with E-state index >= 15 is 0 Å². The lowest BCUT2D eigenvalue weighted by Crippen LogP contribution is -1.96. The molecule has 1 rings (SSSR count). The van der Waals surface area contributed by atoms with Crippen LogP contribution in [0.25, 0.3) is 0 Å². The highest BCUT2D eigenvalue weighted by Gasteiger charge is 2.00. The second-order valence-electron chi connectivity index (χ2n) is 2.60. The molecule has 0 aromatic carbocycles. The van der Waals surface area contributed by atoms with Crippen molar-refractivity contribution in [1.82, 2.24) is 4.98 Å². The third kappa shape index (κ3) is 3.53. The number of hydrogen-bond donors (Lipinski definition) is 0. The highest BCUT2D eigenvalue weighted by atomic mass is 79.9. The first-order valence-corrected chi connectivity index (χ1v) is 5.61. The topological polar surface area (TPSA) is 22.1 Å². The monoisotopic (exact) mass is 263 g/mol. The van der Waals surface area contributed by atoms with Crippen LogP contribution in [0.1, 0.15) is 19.0 Å². The molecule has 1 heterocycles. The quantitative estimate of drug-likeness (QED) is 0.614. The minimum absolute atomic E-state index is 0.475. The molecule has 0 aliphatic heterocycles. The van der Waals surface area contributed by atoms with Gasteiger partial charge >= 0.3 is 0 Å². The third-order valence-electron chi connectivity index (χ3n) is 1.43. The van der Waals surface area contributed by atoms with E-state index in [1.54, 1.807) is 6.07 Å². The molecule has 0 amide bonds. The first kappa shape index (κ1) is 10.8. The number of nitrogens with zero attached hydrogens (tertiary/aromatic N) is 1. The number of rotatable bonds is 4. The Kier molecular flexibility index (Phi) is 4.53. The van der Waals surface area contributed by atoms with Crippen LogP contribution >= 0.6 is 27.5 Å². The number of hydrogen-bond acceptors (Lipinski definition) is 2. The predicted octanol–water partition coefficient (Wildman–Crippen LogP) is 3.42. The van der Waals surface area contributed by atoms with E-state index in [1.165, 1.54) is 0 Å². The molecule has 0 aliphatic rings. The zero-order valence-electron chi connectivity index (χ0n) is 7.39. The average Bonchev–Trinajstić information content (AvgIpc) is 2.14. The molecule has 0 unspecified atom stereocenters. The van der Waals surface area contributed by atoms with E-state index in [-0.39, 0.29) is 0 Å². The maximum atomic E-state index is 5.80. The Hall–Kier alpha value is -0.280. The number of ether oxygens (including phenoxy) is 1. The van der Waals surface area contributed by atoms with Crippen LogP contribution in [0.4, 0.5) is 0 Å². The molecule has 1 aromatic rings. The van der Waals surface area contributed by atoms with Gasteiger partial charge in [0.2, 0.25) is 0 Å². The summed E-state index contributed by atoms with van der Waals surface area (Å²) in [7, 11) is 0. The minimum Gasteiger partial charge on any atom is -0.493 e. The van der Waals surface area contributed by atoms with Gasteiger partial charge in [0.05, 0.1) is 12.3 Å². The summed E-state index contributed by atoms with van der Waals surface area (Å²) in [5.74, 6) is 0.788. The van der Waals surface area contributed by atoms with Crippen LogP contribution in [-0.2, 0) is 5.33 Å². The summed E-state index contributed by atoms with van der Waals surface area (Å²) in [6, 6.07) is 3.61. The van der Waals surface area contributed by atoms with Gasteiger partial charge in [-0.05, 0) is 6.42 Å². The summed E-state index contributed by atoms with van der Waals surface area (Å²) in [5, 5.41) is 1.17. The number of halogens is 2. The highest BCUT2D eigenvalue weighted by Crippen LogP contribution is 2.19. The van der Waals surface area contributed by atoms with Gasteiger partial charge in [-0.15, -0.1) is 0 Å². The van der Waals surface area contributed by atoms with Crippen molar-refractivity contribution in [3.63, 3.8) is 0 Å². The summed E-state index contributed by atoms with van der Waals surface area (Å²) in [6.45, 7) is 2.77. The van der Waals surface area contributed by atoms with E-state index in [0.29, 0.717) is 17.1 Å². The van der Waals surface area contributed by atoms with Crippen molar-refractivity contribution in [2.24, 2.45) is 0 Å². The number of pyridine rings is 1. The lowest BCUT2D eigenvalue weighted by Gasteiger charge is -2.05. The largest absolute Gasteiger partial charge is 0.493 e. The molecule has 13 heavy (non-hydrogen) atoms. The summed E-state index contributed by atoms with van der Waals surface area (Å²) in [6.07, 6.45) is 0.990. The lowest BCUT2D eigenvalue weighted by molar-refractivity contribution is 0.317. The van der Waals surface area contributed by atoms with Gasteiger partial charge in [0.1, 0.15) is 10.9 Å². The Labute approximate surface area is 91.4 Å². The summed E-state index contributed by atoms with van der Waals surface area (Å²) < 4.78 is 5.43. The summed E-state index contributed by atoms with van der Waals surface area (Å²) in [4.78, 5) is 4.10. The zero-order chi connectivity index (χ0) is 9.68. The van der Waals surface area contributed by atoms with E-state index in [0.717, 1.165) is 17.9 Å². The minimum atomic E-state index is 0.475. The first-order valence-electron chi connectivity index (χ1n) is 4.11. The van der Waals surface area contributed by atoms with Crippen molar-refractivity contribution < 1.29 is 4.74 Å².